The Bertz CT molecular complexity index is 966. The lowest BCUT2D eigenvalue weighted by atomic mass is 10.1. The molecule has 2 aromatic heterocycles. The van der Waals surface area contributed by atoms with Gasteiger partial charge in [-0.1, -0.05) is 0 Å². The molecular weight excluding hydrogens is 352 g/mol. The third-order valence-electron chi connectivity index (χ3n) is 4.81. The third-order valence-corrected chi connectivity index (χ3v) is 4.81. The second-order valence-electron chi connectivity index (χ2n) is 6.73. The molecule has 27 heavy (non-hydrogen) atoms. The van der Waals surface area contributed by atoms with E-state index < -0.39 is 11.6 Å². The summed E-state index contributed by atoms with van der Waals surface area (Å²) >= 11 is 0. The van der Waals surface area contributed by atoms with Crippen LogP contribution in [0.2, 0.25) is 0 Å². The molecule has 0 bridgehead atoms. The average molecular weight is 371 g/mol. The highest BCUT2D eigenvalue weighted by Crippen LogP contribution is 2.22. The van der Waals surface area contributed by atoms with Crippen molar-refractivity contribution >= 4 is 0 Å². The van der Waals surface area contributed by atoms with Gasteiger partial charge in [-0.2, -0.15) is 5.10 Å². The van der Waals surface area contributed by atoms with E-state index in [1.807, 2.05) is 0 Å². The number of imidazole rings is 1. The molecule has 8 heteroatoms. The van der Waals surface area contributed by atoms with E-state index in [1.165, 1.54) is 22.9 Å². The first-order valence-electron chi connectivity index (χ1n) is 8.84. The van der Waals surface area contributed by atoms with Crippen LogP contribution in [0.5, 0.6) is 0 Å². The zero-order valence-electron chi connectivity index (χ0n) is 14.6. The van der Waals surface area contributed by atoms with Gasteiger partial charge in [0.25, 0.3) is 5.56 Å². The van der Waals surface area contributed by atoms with Crippen LogP contribution in [0, 0.1) is 11.6 Å². The molecule has 0 aliphatic carbocycles. The number of rotatable bonds is 5. The van der Waals surface area contributed by atoms with Gasteiger partial charge in [0, 0.05) is 37.1 Å². The summed E-state index contributed by atoms with van der Waals surface area (Å²) in [5.41, 5.74) is 0.411. The quantitative estimate of drug-likeness (QED) is 0.691. The monoisotopic (exact) mass is 371 g/mol. The van der Waals surface area contributed by atoms with Crippen molar-refractivity contribution in [1.82, 2.24) is 24.2 Å². The number of aromatic nitrogens is 4. The van der Waals surface area contributed by atoms with Crippen molar-refractivity contribution in [3.63, 3.8) is 0 Å². The molecule has 4 rings (SSSR count). The number of likely N-dealkylation sites (tertiary alicyclic amines) is 1. The first-order valence-corrected chi connectivity index (χ1v) is 8.84. The molecule has 1 aliphatic rings. The Hall–Kier alpha value is -2.87. The van der Waals surface area contributed by atoms with Gasteiger partial charge in [0.1, 0.15) is 18.0 Å². The highest BCUT2D eigenvalue weighted by molar-refractivity contribution is 5.19. The molecule has 0 saturated carbocycles. The van der Waals surface area contributed by atoms with Crippen molar-refractivity contribution in [2.45, 2.75) is 32.0 Å². The minimum atomic E-state index is -0.577. The van der Waals surface area contributed by atoms with Crippen molar-refractivity contribution in [2.24, 2.45) is 0 Å². The molecule has 1 aromatic carbocycles. The Kier molecular flexibility index (Phi) is 4.81. The van der Waals surface area contributed by atoms with Crippen LogP contribution in [0.25, 0.3) is 5.82 Å². The van der Waals surface area contributed by atoms with Gasteiger partial charge in [-0.25, -0.2) is 18.4 Å². The molecule has 3 heterocycles. The molecule has 3 aromatic rings. The Balaban J connectivity index is 1.53. The van der Waals surface area contributed by atoms with E-state index in [4.69, 9.17) is 0 Å². The van der Waals surface area contributed by atoms with Crippen LogP contribution in [0.3, 0.4) is 0 Å². The molecule has 1 fully saturated rings. The molecule has 0 N–H and O–H groups in total. The Morgan fingerprint density at radius 3 is 2.70 bits per heavy atom. The van der Waals surface area contributed by atoms with Crippen LogP contribution in [0.1, 0.15) is 18.4 Å². The first-order chi connectivity index (χ1) is 13.1. The molecular formula is C19H19F2N5O. The van der Waals surface area contributed by atoms with Crippen LogP contribution >= 0.6 is 0 Å². The van der Waals surface area contributed by atoms with E-state index in [-0.39, 0.29) is 11.6 Å². The van der Waals surface area contributed by atoms with Crippen molar-refractivity contribution in [3.05, 3.63) is 76.6 Å². The Morgan fingerprint density at radius 1 is 1.15 bits per heavy atom. The summed E-state index contributed by atoms with van der Waals surface area (Å²) in [7, 11) is 0. The fourth-order valence-corrected chi connectivity index (χ4v) is 3.55. The van der Waals surface area contributed by atoms with Gasteiger partial charge in [-0.3, -0.25) is 14.3 Å². The van der Waals surface area contributed by atoms with E-state index in [2.05, 4.69) is 15.0 Å². The SMILES string of the molecule is O=c1ccc(-n2ccnc2)nn1CC1CCCN1Cc1cc(F)cc(F)c1. The first kappa shape index (κ1) is 17.5. The summed E-state index contributed by atoms with van der Waals surface area (Å²) in [5, 5.41) is 4.43. The molecule has 1 saturated heterocycles. The maximum Gasteiger partial charge on any atom is 0.266 e. The summed E-state index contributed by atoms with van der Waals surface area (Å²) < 4.78 is 30.1. The summed E-state index contributed by atoms with van der Waals surface area (Å²) in [6.07, 6.45) is 6.91. The maximum absolute atomic E-state index is 13.5. The van der Waals surface area contributed by atoms with Crippen molar-refractivity contribution < 1.29 is 8.78 Å². The number of hydrogen-bond donors (Lipinski definition) is 0. The van der Waals surface area contributed by atoms with E-state index in [0.717, 1.165) is 25.5 Å². The molecule has 0 amide bonds. The van der Waals surface area contributed by atoms with Gasteiger partial charge >= 0.3 is 0 Å². The number of halogens is 2. The Morgan fingerprint density at radius 2 is 1.96 bits per heavy atom. The lowest BCUT2D eigenvalue weighted by Crippen LogP contribution is -2.37. The predicted molar refractivity (Wildman–Crippen MR) is 95.4 cm³/mol. The molecule has 0 radical (unpaired) electrons. The number of nitrogens with zero attached hydrogens (tertiary/aromatic N) is 5. The standard InChI is InChI=1S/C19H19F2N5O/c20-15-8-14(9-16(21)10-15)11-24-6-1-2-17(24)12-26-19(27)4-3-18(23-26)25-7-5-22-13-25/h3-5,7-10,13,17H,1-2,6,11-12H2. The Labute approximate surface area is 154 Å². The molecule has 1 aliphatic heterocycles. The van der Waals surface area contributed by atoms with Crippen LogP contribution in [0.4, 0.5) is 8.78 Å². The highest BCUT2D eigenvalue weighted by atomic mass is 19.1. The highest BCUT2D eigenvalue weighted by Gasteiger charge is 2.26. The molecule has 6 nitrogen and oxygen atoms in total. The fraction of sp³-hybridized carbons (Fsp3) is 0.316. The lowest BCUT2D eigenvalue weighted by Gasteiger charge is -2.25. The summed E-state index contributed by atoms with van der Waals surface area (Å²) in [4.78, 5) is 18.4. The van der Waals surface area contributed by atoms with E-state index in [9.17, 15) is 13.6 Å². The second-order valence-corrected chi connectivity index (χ2v) is 6.73. The van der Waals surface area contributed by atoms with Gasteiger partial charge in [-0.05, 0) is 43.1 Å². The average Bonchev–Trinajstić information content (AvgIpc) is 3.28. The third kappa shape index (κ3) is 3.95. The minimum absolute atomic E-state index is 0.0829. The van der Waals surface area contributed by atoms with Crippen molar-refractivity contribution in [1.29, 1.82) is 0 Å². The molecule has 1 unspecified atom stereocenters. The minimum Gasteiger partial charge on any atom is -0.294 e. The maximum atomic E-state index is 13.5. The zero-order chi connectivity index (χ0) is 18.8. The second kappa shape index (κ2) is 7.40. The van der Waals surface area contributed by atoms with Crippen LogP contribution in [-0.4, -0.2) is 36.8 Å². The van der Waals surface area contributed by atoms with Gasteiger partial charge in [-0.15, -0.1) is 0 Å². The summed E-state index contributed by atoms with van der Waals surface area (Å²) in [6.45, 7) is 1.69. The van der Waals surface area contributed by atoms with Gasteiger partial charge in [0.15, 0.2) is 5.82 Å². The van der Waals surface area contributed by atoms with E-state index >= 15 is 0 Å². The van der Waals surface area contributed by atoms with Crippen LogP contribution in [0.15, 0.2) is 53.8 Å². The van der Waals surface area contributed by atoms with Gasteiger partial charge in [0.05, 0.1) is 6.54 Å². The summed E-state index contributed by atoms with van der Waals surface area (Å²) in [6, 6.07) is 6.80. The zero-order valence-corrected chi connectivity index (χ0v) is 14.6. The van der Waals surface area contributed by atoms with Gasteiger partial charge < -0.3 is 0 Å². The van der Waals surface area contributed by atoms with Crippen molar-refractivity contribution in [2.75, 3.05) is 6.54 Å². The van der Waals surface area contributed by atoms with E-state index in [1.54, 1.807) is 29.4 Å². The van der Waals surface area contributed by atoms with Gasteiger partial charge in [0.2, 0.25) is 0 Å². The van der Waals surface area contributed by atoms with Crippen LogP contribution < -0.4 is 5.56 Å². The van der Waals surface area contributed by atoms with Crippen LogP contribution in [-0.2, 0) is 13.1 Å². The number of hydrogen-bond acceptors (Lipinski definition) is 4. The largest absolute Gasteiger partial charge is 0.294 e. The molecule has 1 atom stereocenters. The lowest BCUT2D eigenvalue weighted by molar-refractivity contribution is 0.216. The smallest absolute Gasteiger partial charge is 0.266 e. The number of benzene rings is 1. The van der Waals surface area contributed by atoms with E-state index in [0.29, 0.717) is 24.5 Å². The van der Waals surface area contributed by atoms with Crippen molar-refractivity contribution in [3.8, 4) is 5.82 Å². The summed E-state index contributed by atoms with van der Waals surface area (Å²) in [5.74, 6) is -0.540. The fourth-order valence-electron chi connectivity index (χ4n) is 3.55. The topological polar surface area (TPSA) is 56.0 Å². The molecule has 140 valence electrons. The predicted octanol–water partition coefficient (Wildman–Crippen LogP) is 2.37. The normalized spacial score (nSPS) is 17.5. The molecule has 0 spiro atoms.